The summed E-state index contributed by atoms with van der Waals surface area (Å²) in [6, 6.07) is -0.469. The van der Waals surface area contributed by atoms with Gasteiger partial charge in [-0.2, -0.15) is 5.10 Å². The molecule has 9 nitrogen and oxygen atoms in total. The van der Waals surface area contributed by atoms with Crippen molar-refractivity contribution in [1.82, 2.24) is 15.1 Å². The highest BCUT2D eigenvalue weighted by molar-refractivity contribution is 5.89. The van der Waals surface area contributed by atoms with E-state index in [1.807, 2.05) is 0 Å². The minimum Gasteiger partial charge on any atom is -0.481 e. The van der Waals surface area contributed by atoms with Crippen molar-refractivity contribution in [1.29, 1.82) is 0 Å². The van der Waals surface area contributed by atoms with Gasteiger partial charge in [-0.15, -0.1) is 0 Å². The molecule has 2 amide bonds. The standard InChI is InChI=1S/C14H22N4O5/c1-4-23-12(21)14(2,3)18-9-10(8-16-18)17-13(22)15-7-5-6-11(19)20/h8-9H,4-7H2,1-3H3,(H,19,20)(H2,15,17,22). The molecule has 1 heterocycles. The lowest BCUT2D eigenvalue weighted by Crippen LogP contribution is -2.37. The molecule has 128 valence electrons. The number of carbonyl (C=O) groups is 3. The second-order valence-corrected chi connectivity index (χ2v) is 5.33. The number of anilines is 1. The van der Waals surface area contributed by atoms with Crippen LogP contribution in [0.1, 0.15) is 33.6 Å². The number of aromatic nitrogens is 2. The summed E-state index contributed by atoms with van der Waals surface area (Å²) in [6.07, 6.45) is 3.27. The van der Waals surface area contributed by atoms with E-state index in [0.29, 0.717) is 12.1 Å². The van der Waals surface area contributed by atoms with Gasteiger partial charge in [-0.25, -0.2) is 9.59 Å². The quantitative estimate of drug-likeness (QED) is 0.487. The van der Waals surface area contributed by atoms with E-state index in [9.17, 15) is 14.4 Å². The Morgan fingerprint density at radius 1 is 1.39 bits per heavy atom. The van der Waals surface area contributed by atoms with Crippen LogP contribution >= 0.6 is 0 Å². The van der Waals surface area contributed by atoms with Gasteiger partial charge in [0.25, 0.3) is 0 Å². The van der Waals surface area contributed by atoms with Crippen LogP contribution in [0, 0.1) is 0 Å². The minimum atomic E-state index is -0.992. The summed E-state index contributed by atoms with van der Waals surface area (Å²) in [5.41, 5.74) is -0.577. The van der Waals surface area contributed by atoms with Gasteiger partial charge < -0.3 is 20.5 Å². The molecule has 1 aromatic heterocycles. The molecule has 0 aliphatic rings. The zero-order chi connectivity index (χ0) is 17.5. The first-order chi connectivity index (χ1) is 10.8. The van der Waals surface area contributed by atoms with Crippen LogP contribution in [0.25, 0.3) is 0 Å². The maximum absolute atomic E-state index is 11.9. The van der Waals surface area contributed by atoms with Crippen molar-refractivity contribution in [2.45, 2.75) is 39.2 Å². The number of carbonyl (C=O) groups excluding carboxylic acids is 2. The van der Waals surface area contributed by atoms with Crippen molar-refractivity contribution in [3.05, 3.63) is 12.4 Å². The zero-order valence-electron chi connectivity index (χ0n) is 13.5. The molecule has 0 unspecified atom stereocenters. The first-order valence-corrected chi connectivity index (χ1v) is 7.26. The van der Waals surface area contributed by atoms with E-state index in [1.165, 1.54) is 17.1 Å². The van der Waals surface area contributed by atoms with Gasteiger partial charge in [0.1, 0.15) is 0 Å². The highest BCUT2D eigenvalue weighted by Gasteiger charge is 2.32. The lowest BCUT2D eigenvalue weighted by molar-refractivity contribution is -0.152. The van der Waals surface area contributed by atoms with E-state index in [2.05, 4.69) is 15.7 Å². The van der Waals surface area contributed by atoms with Gasteiger partial charge in [-0.05, 0) is 27.2 Å². The molecule has 0 bridgehead atoms. The monoisotopic (exact) mass is 326 g/mol. The van der Waals surface area contributed by atoms with Crippen molar-refractivity contribution in [3.8, 4) is 0 Å². The molecular formula is C14H22N4O5. The molecule has 0 atom stereocenters. The summed E-state index contributed by atoms with van der Waals surface area (Å²) < 4.78 is 6.40. The molecule has 1 aromatic rings. The van der Waals surface area contributed by atoms with Crippen molar-refractivity contribution in [2.24, 2.45) is 0 Å². The van der Waals surface area contributed by atoms with Gasteiger partial charge in [0.05, 0.1) is 18.5 Å². The molecule has 0 radical (unpaired) electrons. The molecule has 0 aliphatic carbocycles. The zero-order valence-corrected chi connectivity index (χ0v) is 13.5. The van der Waals surface area contributed by atoms with Crippen molar-refractivity contribution >= 4 is 23.7 Å². The Labute approximate surface area is 134 Å². The highest BCUT2D eigenvalue weighted by atomic mass is 16.5. The predicted molar refractivity (Wildman–Crippen MR) is 82.1 cm³/mol. The van der Waals surface area contributed by atoms with Gasteiger partial charge in [-0.3, -0.25) is 9.48 Å². The molecule has 9 heteroatoms. The molecule has 23 heavy (non-hydrogen) atoms. The van der Waals surface area contributed by atoms with Crippen LogP contribution in [0.15, 0.2) is 12.4 Å². The van der Waals surface area contributed by atoms with Crippen LogP contribution in [0.2, 0.25) is 0 Å². The number of hydrogen-bond donors (Lipinski definition) is 3. The van der Waals surface area contributed by atoms with Crippen LogP contribution in [0.5, 0.6) is 0 Å². The Bertz CT molecular complexity index is 567. The summed E-state index contributed by atoms with van der Waals surface area (Å²) in [4.78, 5) is 33.9. The average Bonchev–Trinajstić information content (AvgIpc) is 2.92. The third-order valence-electron chi connectivity index (χ3n) is 3.04. The normalized spacial score (nSPS) is 10.9. The maximum atomic E-state index is 11.9. The summed E-state index contributed by atoms with van der Waals surface area (Å²) >= 11 is 0. The molecule has 0 spiro atoms. The third kappa shape index (κ3) is 5.61. The number of ether oxygens (including phenoxy) is 1. The van der Waals surface area contributed by atoms with E-state index in [4.69, 9.17) is 9.84 Å². The Hall–Kier alpha value is -2.58. The molecule has 0 saturated heterocycles. The number of esters is 1. The SMILES string of the molecule is CCOC(=O)C(C)(C)n1cc(NC(=O)NCCCC(=O)O)cn1. The molecule has 3 N–H and O–H groups in total. The van der Waals surface area contributed by atoms with Crippen LogP contribution in [-0.2, 0) is 19.9 Å². The van der Waals surface area contributed by atoms with E-state index in [0.717, 1.165) is 0 Å². The fourth-order valence-corrected chi connectivity index (χ4v) is 1.71. The number of amides is 2. The topological polar surface area (TPSA) is 123 Å². The summed E-state index contributed by atoms with van der Waals surface area (Å²) in [5, 5.41) is 17.7. The number of carboxylic acids is 1. The van der Waals surface area contributed by atoms with Crippen LogP contribution in [0.4, 0.5) is 10.5 Å². The Morgan fingerprint density at radius 3 is 2.70 bits per heavy atom. The van der Waals surface area contributed by atoms with E-state index >= 15 is 0 Å². The number of rotatable bonds is 8. The van der Waals surface area contributed by atoms with Gasteiger partial charge in [-0.1, -0.05) is 0 Å². The molecule has 0 aromatic carbocycles. The first kappa shape index (κ1) is 18.5. The summed E-state index contributed by atoms with van der Waals surface area (Å²) in [5.74, 6) is -1.33. The highest BCUT2D eigenvalue weighted by Crippen LogP contribution is 2.18. The number of nitrogens with zero attached hydrogens (tertiary/aromatic N) is 2. The van der Waals surface area contributed by atoms with Crippen molar-refractivity contribution in [2.75, 3.05) is 18.5 Å². The van der Waals surface area contributed by atoms with E-state index in [1.54, 1.807) is 20.8 Å². The lowest BCUT2D eigenvalue weighted by atomic mass is 10.1. The summed E-state index contributed by atoms with van der Waals surface area (Å²) in [7, 11) is 0. The Kier molecular flexibility index (Phi) is 6.55. The number of carboxylic acid groups (broad SMARTS) is 1. The van der Waals surface area contributed by atoms with E-state index < -0.39 is 23.5 Å². The molecule has 1 rings (SSSR count). The molecule has 0 fully saturated rings. The van der Waals surface area contributed by atoms with Crippen LogP contribution in [-0.4, -0.2) is 46.0 Å². The molecule has 0 saturated carbocycles. The van der Waals surface area contributed by atoms with Gasteiger partial charge in [0.15, 0.2) is 5.54 Å². The van der Waals surface area contributed by atoms with Crippen molar-refractivity contribution in [3.63, 3.8) is 0 Å². The van der Waals surface area contributed by atoms with E-state index in [-0.39, 0.29) is 19.6 Å². The fraction of sp³-hybridized carbons (Fsp3) is 0.571. The van der Waals surface area contributed by atoms with Crippen LogP contribution in [0.3, 0.4) is 0 Å². The van der Waals surface area contributed by atoms with Gasteiger partial charge in [0.2, 0.25) is 0 Å². The molecular weight excluding hydrogens is 304 g/mol. The maximum Gasteiger partial charge on any atom is 0.333 e. The number of hydrogen-bond acceptors (Lipinski definition) is 5. The number of urea groups is 1. The number of aliphatic carboxylic acids is 1. The second-order valence-electron chi connectivity index (χ2n) is 5.33. The Balaban J connectivity index is 2.54. The first-order valence-electron chi connectivity index (χ1n) is 7.26. The van der Waals surface area contributed by atoms with Gasteiger partial charge >= 0.3 is 18.0 Å². The van der Waals surface area contributed by atoms with Crippen molar-refractivity contribution < 1.29 is 24.2 Å². The smallest absolute Gasteiger partial charge is 0.333 e. The largest absolute Gasteiger partial charge is 0.481 e. The fourth-order valence-electron chi connectivity index (χ4n) is 1.71. The van der Waals surface area contributed by atoms with Crippen LogP contribution < -0.4 is 10.6 Å². The second kappa shape index (κ2) is 8.16. The third-order valence-corrected chi connectivity index (χ3v) is 3.04. The lowest BCUT2D eigenvalue weighted by Gasteiger charge is -2.22. The van der Waals surface area contributed by atoms with Gasteiger partial charge in [0, 0.05) is 19.2 Å². The predicted octanol–water partition coefficient (Wildman–Crippen LogP) is 1.17. The Morgan fingerprint density at radius 2 is 2.09 bits per heavy atom. The summed E-state index contributed by atoms with van der Waals surface area (Å²) in [6.45, 7) is 5.56. The number of nitrogens with one attached hydrogen (secondary N) is 2. The minimum absolute atomic E-state index is 0.00799. The average molecular weight is 326 g/mol. The molecule has 0 aliphatic heterocycles.